The lowest BCUT2D eigenvalue weighted by Crippen LogP contribution is -2.40. The van der Waals surface area contributed by atoms with Crippen LogP contribution in [0.25, 0.3) is 0 Å². The van der Waals surface area contributed by atoms with E-state index in [4.69, 9.17) is 0 Å². The highest BCUT2D eigenvalue weighted by atomic mass is 19.3. The second-order valence-corrected chi connectivity index (χ2v) is 3.67. The van der Waals surface area contributed by atoms with Gasteiger partial charge in [-0.15, -0.1) is 0 Å². The predicted octanol–water partition coefficient (Wildman–Crippen LogP) is 2.27. The third-order valence-corrected chi connectivity index (χ3v) is 2.17. The van der Waals surface area contributed by atoms with Crippen LogP contribution in [-0.2, 0) is 20.7 Å². The number of rotatable bonds is 5. The van der Waals surface area contributed by atoms with Crippen molar-refractivity contribution < 1.29 is 31.9 Å². The first kappa shape index (κ1) is 15.1. The Morgan fingerprint density at radius 3 is 2.16 bits per heavy atom. The van der Waals surface area contributed by atoms with Crippen molar-refractivity contribution in [3.05, 3.63) is 35.4 Å². The molecule has 104 valence electrons. The van der Waals surface area contributed by atoms with Gasteiger partial charge in [0.05, 0.1) is 6.61 Å². The minimum atomic E-state index is -4.33. The molecule has 0 spiro atoms. The van der Waals surface area contributed by atoms with Crippen LogP contribution in [0.3, 0.4) is 0 Å². The van der Waals surface area contributed by atoms with Crippen molar-refractivity contribution in [3.63, 3.8) is 0 Å². The molecule has 0 atom stereocenters. The Balaban J connectivity index is 2.86. The Morgan fingerprint density at radius 1 is 1.16 bits per heavy atom. The van der Waals surface area contributed by atoms with Gasteiger partial charge in [-0.1, -0.05) is 0 Å². The van der Waals surface area contributed by atoms with E-state index in [0.717, 1.165) is 12.1 Å². The van der Waals surface area contributed by atoms with E-state index < -0.39 is 35.7 Å². The third-order valence-electron chi connectivity index (χ3n) is 2.17. The van der Waals surface area contributed by atoms with E-state index in [1.54, 1.807) is 0 Å². The van der Waals surface area contributed by atoms with Gasteiger partial charge in [-0.05, 0) is 24.6 Å². The Labute approximate surface area is 106 Å². The number of Topliss-reactive ketones (excluding diaryl/α,β-unsaturated/α-hetero) is 1. The summed E-state index contributed by atoms with van der Waals surface area (Å²) in [6.07, 6.45) is -0.972. The lowest BCUT2D eigenvalue weighted by atomic mass is 10.0. The minimum absolute atomic E-state index is 0.286. The van der Waals surface area contributed by atoms with Gasteiger partial charge >= 0.3 is 11.9 Å². The highest BCUT2D eigenvalue weighted by molar-refractivity contribution is 6.06. The summed E-state index contributed by atoms with van der Waals surface area (Å²) in [5.41, 5.74) is -0.286. The molecule has 0 unspecified atom stereocenters. The van der Waals surface area contributed by atoms with Gasteiger partial charge < -0.3 is 4.74 Å². The summed E-state index contributed by atoms with van der Waals surface area (Å²) in [4.78, 5) is 22.2. The number of esters is 1. The van der Waals surface area contributed by atoms with Crippen LogP contribution in [0.4, 0.5) is 17.6 Å². The standard InChI is InChI=1S/C12H10F4O3/c1-2-19-11(18)12(15,16)10(17)5-7-3-8(13)6-9(14)4-7/h3-4,6H,2,5H2,1H3. The van der Waals surface area contributed by atoms with E-state index >= 15 is 0 Å². The Kier molecular flexibility index (Phi) is 4.63. The summed E-state index contributed by atoms with van der Waals surface area (Å²) in [6.45, 7) is 0.997. The molecule has 0 bridgehead atoms. The zero-order valence-corrected chi connectivity index (χ0v) is 9.88. The first-order valence-corrected chi connectivity index (χ1v) is 5.30. The molecule has 0 aromatic heterocycles. The van der Waals surface area contributed by atoms with Crippen LogP contribution in [0, 0.1) is 11.6 Å². The molecule has 1 rings (SSSR count). The van der Waals surface area contributed by atoms with Crippen molar-refractivity contribution in [2.24, 2.45) is 0 Å². The van der Waals surface area contributed by atoms with E-state index in [9.17, 15) is 27.2 Å². The molecule has 0 aliphatic carbocycles. The monoisotopic (exact) mass is 278 g/mol. The Hall–Kier alpha value is -1.92. The highest BCUT2D eigenvalue weighted by Crippen LogP contribution is 2.20. The molecule has 0 aliphatic rings. The fourth-order valence-electron chi connectivity index (χ4n) is 1.34. The number of ether oxygens (including phenoxy) is 1. The van der Waals surface area contributed by atoms with Crippen LogP contribution in [-0.4, -0.2) is 24.3 Å². The maximum atomic E-state index is 13.3. The molecule has 1 aromatic rings. The van der Waals surface area contributed by atoms with Gasteiger partial charge in [-0.25, -0.2) is 13.6 Å². The molecule has 0 saturated heterocycles. The third kappa shape index (κ3) is 3.77. The van der Waals surface area contributed by atoms with Gasteiger partial charge in [0.2, 0.25) is 5.78 Å². The maximum Gasteiger partial charge on any atom is 0.400 e. The van der Waals surface area contributed by atoms with Gasteiger partial charge in [0.25, 0.3) is 0 Å². The second kappa shape index (κ2) is 5.81. The number of hydrogen-bond donors (Lipinski definition) is 0. The summed E-state index contributed by atoms with van der Waals surface area (Å²) in [5, 5.41) is 0. The van der Waals surface area contributed by atoms with Crippen LogP contribution >= 0.6 is 0 Å². The Morgan fingerprint density at radius 2 is 1.68 bits per heavy atom. The highest BCUT2D eigenvalue weighted by Gasteiger charge is 2.48. The van der Waals surface area contributed by atoms with E-state index in [2.05, 4.69) is 4.74 Å². The number of alkyl halides is 2. The zero-order valence-electron chi connectivity index (χ0n) is 9.88. The lowest BCUT2D eigenvalue weighted by molar-refractivity contribution is -0.176. The van der Waals surface area contributed by atoms with Crippen molar-refractivity contribution in [2.45, 2.75) is 19.3 Å². The van der Waals surface area contributed by atoms with E-state index in [0.29, 0.717) is 6.07 Å². The number of carbonyl (C=O) groups excluding carboxylic acids is 2. The van der Waals surface area contributed by atoms with E-state index in [1.165, 1.54) is 6.92 Å². The molecular formula is C12H10F4O3. The van der Waals surface area contributed by atoms with Crippen LogP contribution in [0.2, 0.25) is 0 Å². The zero-order chi connectivity index (χ0) is 14.6. The first-order valence-electron chi connectivity index (χ1n) is 5.30. The second-order valence-electron chi connectivity index (χ2n) is 3.67. The molecule has 7 heteroatoms. The van der Waals surface area contributed by atoms with Crippen LogP contribution < -0.4 is 0 Å². The van der Waals surface area contributed by atoms with Crippen LogP contribution in [0.15, 0.2) is 18.2 Å². The van der Waals surface area contributed by atoms with Crippen molar-refractivity contribution in [3.8, 4) is 0 Å². The quantitative estimate of drug-likeness (QED) is 0.471. The normalized spacial score (nSPS) is 11.2. The van der Waals surface area contributed by atoms with Gasteiger partial charge in [0.1, 0.15) is 11.6 Å². The molecule has 0 aliphatic heterocycles. The van der Waals surface area contributed by atoms with Crippen molar-refractivity contribution in [2.75, 3.05) is 6.61 Å². The smallest absolute Gasteiger partial charge is 0.400 e. The fourth-order valence-corrected chi connectivity index (χ4v) is 1.34. The molecule has 1 aromatic carbocycles. The maximum absolute atomic E-state index is 13.3. The minimum Gasteiger partial charge on any atom is -0.461 e. The fraction of sp³-hybridized carbons (Fsp3) is 0.333. The molecule has 19 heavy (non-hydrogen) atoms. The molecule has 3 nitrogen and oxygen atoms in total. The summed E-state index contributed by atoms with van der Waals surface area (Å²) in [7, 11) is 0. The summed E-state index contributed by atoms with van der Waals surface area (Å²) in [5.74, 6) is -10.1. The molecule has 0 saturated carbocycles. The summed E-state index contributed by atoms with van der Waals surface area (Å²) in [6, 6.07) is 2.02. The van der Waals surface area contributed by atoms with Gasteiger partial charge in [0.15, 0.2) is 0 Å². The molecular weight excluding hydrogens is 268 g/mol. The molecule has 0 amide bonds. The first-order chi connectivity index (χ1) is 8.77. The number of hydrogen-bond acceptors (Lipinski definition) is 3. The largest absolute Gasteiger partial charge is 0.461 e. The van der Waals surface area contributed by atoms with Gasteiger partial charge in [0, 0.05) is 12.5 Å². The summed E-state index contributed by atoms with van der Waals surface area (Å²) >= 11 is 0. The number of halogens is 4. The van der Waals surface area contributed by atoms with Crippen molar-refractivity contribution in [1.82, 2.24) is 0 Å². The topological polar surface area (TPSA) is 43.4 Å². The molecule has 0 fully saturated rings. The number of benzene rings is 1. The Bertz CT molecular complexity index is 479. The van der Waals surface area contributed by atoms with Gasteiger partial charge in [-0.2, -0.15) is 8.78 Å². The lowest BCUT2D eigenvalue weighted by Gasteiger charge is -2.13. The molecule has 0 heterocycles. The molecule has 0 N–H and O–H groups in total. The SMILES string of the molecule is CCOC(=O)C(F)(F)C(=O)Cc1cc(F)cc(F)c1. The molecule has 0 radical (unpaired) electrons. The average molecular weight is 278 g/mol. The van der Waals surface area contributed by atoms with Crippen molar-refractivity contribution >= 4 is 11.8 Å². The van der Waals surface area contributed by atoms with E-state index in [-0.39, 0.29) is 12.2 Å². The average Bonchev–Trinajstić information content (AvgIpc) is 2.27. The van der Waals surface area contributed by atoms with Crippen molar-refractivity contribution in [1.29, 1.82) is 0 Å². The number of ketones is 1. The van der Waals surface area contributed by atoms with Crippen LogP contribution in [0.5, 0.6) is 0 Å². The predicted molar refractivity (Wildman–Crippen MR) is 56.6 cm³/mol. The van der Waals surface area contributed by atoms with Gasteiger partial charge in [-0.3, -0.25) is 4.79 Å². The number of carbonyl (C=O) groups is 2. The van der Waals surface area contributed by atoms with E-state index in [1.807, 2.05) is 0 Å². The summed E-state index contributed by atoms with van der Waals surface area (Å²) < 4.78 is 56.2. The van der Waals surface area contributed by atoms with Crippen LogP contribution in [0.1, 0.15) is 12.5 Å².